The molecule has 0 spiro atoms. The smallest absolute Gasteiger partial charge is 0.318 e. The van der Waals surface area contributed by atoms with E-state index in [1.54, 1.807) is 31.4 Å². The van der Waals surface area contributed by atoms with Gasteiger partial charge in [-0.1, -0.05) is 74.5 Å². The van der Waals surface area contributed by atoms with Crippen LogP contribution in [0.5, 0.6) is 5.75 Å². The van der Waals surface area contributed by atoms with Crippen LogP contribution in [0.4, 0.5) is 5.69 Å². The summed E-state index contributed by atoms with van der Waals surface area (Å²) >= 11 is 0. The molecule has 0 radical (unpaired) electrons. The zero-order valence-electron chi connectivity index (χ0n) is 17.9. The fourth-order valence-electron chi connectivity index (χ4n) is 3.33. The number of rotatable bonds is 8. The minimum absolute atomic E-state index is 0.200. The van der Waals surface area contributed by atoms with Gasteiger partial charge in [-0.15, -0.1) is 0 Å². The normalized spacial score (nSPS) is 11.8. The van der Waals surface area contributed by atoms with Crippen LogP contribution in [0.25, 0.3) is 0 Å². The summed E-state index contributed by atoms with van der Waals surface area (Å²) in [5.41, 5.74) is 2.24. The number of anilines is 1. The first-order valence-corrected chi connectivity index (χ1v) is 10.2. The van der Waals surface area contributed by atoms with Crippen molar-refractivity contribution < 1.29 is 19.1 Å². The van der Waals surface area contributed by atoms with Crippen molar-refractivity contribution in [3.63, 3.8) is 0 Å². The van der Waals surface area contributed by atoms with Crippen molar-refractivity contribution >= 4 is 17.6 Å². The molecule has 1 atom stereocenters. The molecule has 160 valence electrons. The van der Waals surface area contributed by atoms with Gasteiger partial charge in [0.25, 0.3) is 5.91 Å². The summed E-state index contributed by atoms with van der Waals surface area (Å²) in [6.45, 7) is 3.71. The first kappa shape index (κ1) is 22.1. The van der Waals surface area contributed by atoms with Crippen LogP contribution in [0.1, 0.15) is 30.9 Å². The van der Waals surface area contributed by atoms with Crippen LogP contribution in [0.2, 0.25) is 0 Å². The standard InChI is InChI=1S/C26H27NO4/c1-18(2)24(25(28)27-21-14-16-22(30-3)17-15-21)31-26(29)23(19-10-6-4-7-11-19)20-12-8-5-9-13-20/h4-18,23-24H,1-3H3,(H,27,28)/t24-/m0/s1. The van der Waals surface area contributed by atoms with Crippen molar-refractivity contribution in [3.8, 4) is 5.75 Å². The van der Waals surface area contributed by atoms with Gasteiger partial charge >= 0.3 is 5.97 Å². The molecule has 0 saturated carbocycles. The highest BCUT2D eigenvalue weighted by atomic mass is 16.5. The molecule has 31 heavy (non-hydrogen) atoms. The average molecular weight is 418 g/mol. The van der Waals surface area contributed by atoms with Crippen LogP contribution in [0, 0.1) is 5.92 Å². The third kappa shape index (κ3) is 5.72. The number of carbonyl (C=O) groups is 2. The number of carbonyl (C=O) groups excluding carboxylic acids is 2. The van der Waals surface area contributed by atoms with Gasteiger partial charge < -0.3 is 14.8 Å². The Labute approximate surface area is 183 Å². The number of methoxy groups -OCH3 is 1. The SMILES string of the molecule is COc1ccc(NC(=O)[C@@H](OC(=O)C(c2ccccc2)c2ccccc2)C(C)C)cc1. The summed E-state index contributed by atoms with van der Waals surface area (Å²) in [6.07, 6.45) is -0.926. The molecule has 3 rings (SSSR count). The molecular weight excluding hydrogens is 390 g/mol. The summed E-state index contributed by atoms with van der Waals surface area (Å²) in [6, 6.07) is 25.9. The second-order valence-corrected chi connectivity index (χ2v) is 7.57. The van der Waals surface area contributed by atoms with Crippen LogP contribution < -0.4 is 10.1 Å². The van der Waals surface area contributed by atoms with Crippen molar-refractivity contribution in [3.05, 3.63) is 96.1 Å². The van der Waals surface area contributed by atoms with Gasteiger partial charge in [0.05, 0.1) is 7.11 Å². The second kappa shape index (κ2) is 10.4. The van der Waals surface area contributed by atoms with Crippen LogP contribution >= 0.6 is 0 Å². The van der Waals surface area contributed by atoms with Gasteiger partial charge in [-0.25, -0.2) is 0 Å². The molecule has 3 aromatic carbocycles. The summed E-state index contributed by atoms with van der Waals surface area (Å²) < 4.78 is 10.9. The number of hydrogen-bond donors (Lipinski definition) is 1. The monoisotopic (exact) mass is 417 g/mol. The van der Waals surface area contributed by atoms with E-state index < -0.39 is 18.0 Å². The molecule has 0 saturated heterocycles. The van der Waals surface area contributed by atoms with Crippen molar-refractivity contribution in [2.45, 2.75) is 25.9 Å². The van der Waals surface area contributed by atoms with E-state index in [4.69, 9.17) is 9.47 Å². The summed E-state index contributed by atoms with van der Waals surface area (Å²) in [7, 11) is 1.58. The van der Waals surface area contributed by atoms with E-state index in [1.165, 1.54) is 0 Å². The molecule has 1 N–H and O–H groups in total. The first-order chi connectivity index (χ1) is 15.0. The number of benzene rings is 3. The highest BCUT2D eigenvalue weighted by molar-refractivity contribution is 5.96. The molecule has 0 aromatic heterocycles. The molecule has 0 aliphatic rings. The molecule has 0 aliphatic carbocycles. The van der Waals surface area contributed by atoms with Gasteiger partial charge in [0.1, 0.15) is 11.7 Å². The molecule has 0 aliphatic heterocycles. The fourth-order valence-corrected chi connectivity index (χ4v) is 3.33. The number of esters is 1. The second-order valence-electron chi connectivity index (χ2n) is 7.57. The van der Waals surface area contributed by atoms with E-state index in [0.29, 0.717) is 11.4 Å². The molecule has 5 heteroatoms. The van der Waals surface area contributed by atoms with Crippen LogP contribution in [0.15, 0.2) is 84.9 Å². The van der Waals surface area contributed by atoms with E-state index in [0.717, 1.165) is 11.1 Å². The van der Waals surface area contributed by atoms with Gasteiger partial charge in [-0.2, -0.15) is 0 Å². The van der Waals surface area contributed by atoms with E-state index in [-0.39, 0.29) is 11.8 Å². The lowest BCUT2D eigenvalue weighted by Crippen LogP contribution is -2.38. The maximum Gasteiger partial charge on any atom is 0.318 e. The lowest BCUT2D eigenvalue weighted by molar-refractivity contribution is -0.157. The molecule has 1 amide bonds. The summed E-state index contributed by atoms with van der Waals surface area (Å²) in [4.78, 5) is 26.2. The van der Waals surface area contributed by atoms with Gasteiger partial charge in [0, 0.05) is 5.69 Å². The predicted octanol–water partition coefficient (Wildman–Crippen LogP) is 5.03. The molecule has 5 nitrogen and oxygen atoms in total. The number of hydrogen-bond acceptors (Lipinski definition) is 4. The first-order valence-electron chi connectivity index (χ1n) is 10.2. The van der Waals surface area contributed by atoms with Crippen molar-refractivity contribution in [1.82, 2.24) is 0 Å². The van der Waals surface area contributed by atoms with Crippen LogP contribution in [0.3, 0.4) is 0 Å². The Bertz CT molecular complexity index is 945. The third-order valence-electron chi connectivity index (χ3n) is 4.97. The Morgan fingerprint density at radius 2 is 1.29 bits per heavy atom. The Morgan fingerprint density at radius 1 is 0.774 bits per heavy atom. The highest BCUT2D eigenvalue weighted by Gasteiger charge is 2.31. The van der Waals surface area contributed by atoms with Crippen molar-refractivity contribution in [2.75, 3.05) is 12.4 Å². The highest BCUT2D eigenvalue weighted by Crippen LogP contribution is 2.27. The van der Waals surface area contributed by atoms with Gasteiger partial charge in [-0.3, -0.25) is 9.59 Å². The molecule has 0 bridgehead atoms. The summed E-state index contributed by atoms with van der Waals surface area (Å²) in [5.74, 6) is -0.945. The Balaban J connectivity index is 1.81. The molecule has 0 unspecified atom stereocenters. The lowest BCUT2D eigenvalue weighted by atomic mass is 9.91. The zero-order valence-corrected chi connectivity index (χ0v) is 17.9. The third-order valence-corrected chi connectivity index (χ3v) is 4.97. The topological polar surface area (TPSA) is 64.6 Å². The largest absolute Gasteiger partial charge is 0.497 e. The molecule has 3 aromatic rings. The Morgan fingerprint density at radius 3 is 1.74 bits per heavy atom. The van der Waals surface area contributed by atoms with Gasteiger partial charge in [0.2, 0.25) is 0 Å². The van der Waals surface area contributed by atoms with E-state index in [2.05, 4.69) is 5.32 Å². The average Bonchev–Trinajstić information content (AvgIpc) is 2.79. The van der Waals surface area contributed by atoms with Gasteiger partial charge in [0.15, 0.2) is 6.10 Å². The van der Waals surface area contributed by atoms with E-state index >= 15 is 0 Å². The quantitative estimate of drug-likeness (QED) is 0.522. The molecule has 0 heterocycles. The minimum atomic E-state index is -0.926. The number of amides is 1. The Kier molecular flexibility index (Phi) is 7.44. The Hall–Kier alpha value is -3.60. The molecular formula is C26H27NO4. The van der Waals surface area contributed by atoms with Gasteiger partial charge in [-0.05, 0) is 41.3 Å². The van der Waals surface area contributed by atoms with Crippen LogP contribution in [-0.2, 0) is 14.3 Å². The zero-order chi connectivity index (χ0) is 22.2. The lowest BCUT2D eigenvalue weighted by Gasteiger charge is -2.24. The van der Waals surface area contributed by atoms with Crippen molar-refractivity contribution in [2.24, 2.45) is 5.92 Å². The summed E-state index contributed by atoms with van der Waals surface area (Å²) in [5, 5.41) is 2.83. The van der Waals surface area contributed by atoms with Crippen LogP contribution in [-0.4, -0.2) is 25.1 Å². The number of nitrogens with one attached hydrogen (secondary N) is 1. The minimum Gasteiger partial charge on any atom is -0.497 e. The van der Waals surface area contributed by atoms with E-state index in [1.807, 2.05) is 74.5 Å². The molecule has 0 fully saturated rings. The van der Waals surface area contributed by atoms with E-state index in [9.17, 15) is 9.59 Å². The number of ether oxygens (including phenoxy) is 2. The maximum atomic E-state index is 13.3. The fraction of sp³-hybridized carbons (Fsp3) is 0.231. The van der Waals surface area contributed by atoms with Crippen molar-refractivity contribution in [1.29, 1.82) is 0 Å². The maximum absolute atomic E-state index is 13.3. The predicted molar refractivity (Wildman–Crippen MR) is 121 cm³/mol.